The van der Waals surface area contributed by atoms with Gasteiger partial charge in [-0.1, -0.05) is 48.5 Å². The van der Waals surface area contributed by atoms with E-state index in [0.717, 1.165) is 16.7 Å². The molecule has 4 aromatic rings. The second kappa shape index (κ2) is 8.26. The fraction of sp³-hybridized carbons (Fsp3) is 0.0400. The number of pyridine rings is 2. The van der Waals surface area contributed by atoms with E-state index < -0.39 is 0 Å². The van der Waals surface area contributed by atoms with Gasteiger partial charge in [-0.15, -0.1) is 0 Å². The first-order valence-corrected chi connectivity index (χ1v) is 9.35. The SMILES string of the molecule is N#CCc1ccc(-c2c(-c3ccccn3)c[nH]c(=O)c2-c2ccccc2C#N)cc1. The van der Waals surface area contributed by atoms with Gasteiger partial charge in [-0.2, -0.15) is 10.5 Å². The Balaban J connectivity index is 2.07. The number of aromatic nitrogens is 2. The summed E-state index contributed by atoms with van der Waals surface area (Å²) in [5, 5.41) is 18.6. The summed E-state index contributed by atoms with van der Waals surface area (Å²) in [6.45, 7) is 0. The second-order valence-corrected chi connectivity index (χ2v) is 6.69. The lowest BCUT2D eigenvalue weighted by Gasteiger charge is -2.15. The van der Waals surface area contributed by atoms with E-state index in [-0.39, 0.29) is 5.56 Å². The van der Waals surface area contributed by atoms with E-state index in [1.54, 1.807) is 30.6 Å². The molecule has 1 N–H and O–H groups in total. The molecular formula is C25H16N4O. The summed E-state index contributed by atoms with van der Waals surface area (Å²) in [5.74, 6) is 0. The van der Waals surface area contributed by atoms with Crippen LogP contribution >= 0.6 is 0 Å². The zero-order chi connectivity index (χ0) is 20.9. The van der Waals surface area contributed by atoms with Gasteiger partial charge in [0.25, 0.3) is 5.56 Å². The second-order valence-electron chi connectivity index (χ2n) is 6.69. The molecule has 2 heterocycles. The summed E-state index contributed by atoms with van der Waals surface area (Å²) in [5.41, 5.74) is 4.99. The van der Waals surface area contributed by atoms with Gasteiger partial charge in [-0.3, -0.25) is 9.78 Å². The van der Waals surface area contributed by atoms with Gasteiger partial charge in [0.15, 0.2) is 0 Å². The predicted octanol–water partition coefficient (Wildman–Crippen LogP) is 4.71. The molecule has 0 spiro atoms. The Kier molecular flexibility index (Phi) is 5.19. The molecule has 0 amide bonds. The van der Waals surface area contributed by atoms with Crippen LogP contribution in [-0.2, 0) is 6.42 Å². The fourth-order valence-electron chi connectivity index (χ4n) is 3.49. The highest BCUT2D eigenvalue weighted by molar-refractivity contribution is 5.94. The first-order chi connectivity index (χ1) is 14.7. The molecule has 0 aliphatic rings. The van der Waals surface area contributed by atoms with Crippen LogP contribution in [0.2, 0.25) is 0 Å². The number of nitriles is 2. The molecule has 5 heteroatoms. The Morgan fingerprint density at radius 3 is 2.33 bits per heavy atom. The minimum atomic E-state index is -0.284. The monoisotopic (exact) mass is 388 g/mol. The summed E-state index contributed by atoms with van der Waals surface area (Å²) in [4.78, 5) is 20.3. The number of nitrogens with zero attached hydrogens (tertiary/aromatic N) is 3. The minimum Gasteiger partial charge on any atom is -0.328 e. The molecule has 0 unspecified atom stereocenters. The summed E-state index contributed by atoms with van der Waals surface area (Å²) in [6, 6.07) is 24.5. The van der Waals surface area contributed by atoms with E-state index in [0.29, 0.717) is 34.4 Å². The molecular weight excluding hydrogens is 372 g/mol. The summed E-state index contributed by atoms with van der Waals surface area (Å²) in [7, 11) is 0. The van der Waals surface area contributed by atoms with Crippen molar-refractivity contribution < 1.29 is 0 Å². The lowest BCUT2D eigenvalue weighted by Crippen LogP contribution is -2.12. The van der Waals surface area contributed by atoms with Crippen LogP contribution in [0.1, 0.15) is 11.1 Å². The topological polar surface area (TPSA) is 93.3 Å². The van der Waals surface area contributed by atoms with Gasteiger partial charge in [-0.05, 0) is 29.3 Å². The number of nitrogens with one attached hydrogen (secondary N) is 1. The molecule has 30 heavy (non-hydrogen) atoms. The molecule has 0 saturated carbocycles. The zero-order valence-corrected chi connectivity index (χ0v) is 16.0. The average Bonchev–Trinajstić information content (AvgIpc) is 2.80. The van der Waals surface area contributed by atoms with Crippen LogP contribution in [0.3, 0.4) is 0 Å². The molecule has 5 nitrogen and oxygen atoms in total. The molecule has 0 fully saturated rings. The largest absolute Gasteiger partial charge is 0.328 e. The van der Waals surface area contributed by atoms with E-state index >= 15 is 0 Å². The first kappa shape index (κ1) is 18.9. The Morgan fingerprint density at radius 1 is 0.867 bits per heavy atom. The molecule has 0 aliphatic heterocycles. The number of rotatable bonds is 4. The van der Waals surface area contributed by atoms with Crippen molar-refractivity contribution in [1.82, 2.24) is 9.97 Å². The quantitative estimate of drug-likeness (QED) is 0.548. The van der Waals surface area contributed by atoms with Crippen molar-refractivity contribution in [2.75, 3.05) is 0 Å². The number of hydrogen-bond acceptors (Lipinski definition) is 4. The number of benzene rings is 2. The van der Waals surface area contributed by atoms with Crippen LogP contribution in [0.25, 0.3) is 33.5 Å². The van der Waals surface area contributed by atoms with E-state index in [2.05, 4.69) is 22.1 Å². The summed E-state index contributed by atoms with van der Waals surface area (Å²) < 4.78 is 0. The normalized spacial score (nSPS) is 10.2. The molecule has 2 aromatic heterocycles. The zero-order valence-electron chi connectivity index (χ0n) is 16.0. The highest BCUT2D eigenvalue weighted by Gasteiger charge is 2.20. The van der Waals surface area contributed by atoms with Gasteiger partial charge < -0.3 is 4.98 Å². The molecule has 0 saturated heterocycles. The van der Waals surface area contributed by atoms with E-state index in [4.69, 9.17) is 5.26 Å². The van der Waals surface area contributed by atoms with Gasteiger partial charge in [0.2, 0.25) is 0 Å². The number of H-pyrrole nitrogens is 1. The predicted molar refractivity (Wildman–Crippen MR) is 115 cm³/mol. The Labute approximate surface area is 173 Å². The Hall–Kier alpha value is -4.48. The van der Waals surface area contributed by atoms with Crippen molar-refractivity contribution in [3.63, 3.8) is 0 Å². The van der Waals surface area contributed by atoms with Crippen LogP contribution in [0.5, 0.6) is 0 Å². The van der Waals surface area contributed by atoms with E-state index in [1.165, 1.54) is 0 Å². The Morgan fingerprint density at radius 2 is 1.63 bits per heavy atom. The maximum Gasteiger partial charge on any atom is 0.256 e. The van der Waals surface area contributed by atoms with Crippen LogP contribution in [0.4, 0.5) is 0 Å². The van der Waals surface area contributed by atoms with Crippen LogP contribution < -0.4 is 5.56 Å². The maximum absolute atomic E-state index is 13.0. The lowest BCUT2D eigenvalue weighted by molar-refractivity contribution is 1.22. The van der Waals surface area contributed by atoms with Gasteiger partial charge in [0.1, 0.15) is 0 Å². The van der Waals surface area contributed by atoms with Crippen molar-refractivity contribution in [3.05, 3.63) is 101 Å². The number of aromatic amines is 1. The van der Waals surface area contributed by atoms with Crippen LogP contribution in [0.15, 0.2) is 83.9 Å². The van der Waals surface area contributed by atoms with Crippen molar-refractivity contribution >= 4 is 0 Å². The van der Waals surface area contributed by atoms with Crippen molar-refractivity contribution in [2.45, 2.75) is 6.42 Å². The van der Waals surface area contributed by atoms with E-state index in [1.807, 2.05) is 48.5 Å². The third kappa shape index (κ3) is 3.48. The standard InChI is InChI=1S/C25H16N4O/c26-13-12-17-8-10-18(11-9-17)23-21(22-7-3-4-14-28-22)16-29-25(30)24(23)20-6-2-1-5-19(20)15-27/h1-11,14,16H,12H2,(H,29,30). The summed E-state index contributed by atoms with van der Waals surface area (Å²) >= 11 is 0. The average molecular weight is 388 g/mol. The van der Waals surface area contributed by atoms with Gasteiger partial charge in [0, 0.05) is 29.1 Å². The van der Waals surface area contributed by atoms with Gasteiger partial charge >= 0.3 is 0 Å². The highest BCUT2D eigenvalue weighted by Crippen LogP contribution is 2.38. The molecule has 0 atom stereocenters. The summed E-state index contributed by atoms with van der Waals surface area (Å²) in [6.07, 6.45) is 3.66. The lowest BCUT2D eigenvalue weighted by atomic mass is 9.89. The van der Waals surface area contributed by atoms with Crippen LogP contribution in [-0.4, -0.2) is 9.97 Å². The third-order valence-electron chi connectivity index (χ3n) is 4.88. The van der Waals surface area contributed by atoms with Crippen LogP contribution in [0, 0.1) is 22.7 Å². The molecule has 2 aromatic carbocycles. The van der Waals surface area contributed by atoms with Crippen molar-refractivity contribution in [3.8, 4) is 45.6 Å². The molecule has 0 aliphatic carbocycles. The molecule has 4 rings (SSSR count). The first-order valence-electron chi connectivity index (χ1n) is 9.35. The van der Waals surface area contributed by atoms with Crippen molar-refractivity contribution in [2.24, 2.45) is 0 Å². The molecule has 0 bridgehead atoms. The minimum absolute atomic E-state index is 0.284. The maximum atomic E-state index is 13.0. The smallest absolute Gasteiger partial charge is 0.256 e. The van der Waals surface area contributed by atoms with Gasteiger partial charge in [0.05, 0.1) is 35.4 Å². The highest BCUT2D eigenvalue weighted by atomic mass is 16.1. The molecule has 0 radical (unpaired) electrons. The van der Waals surface area contributed by atoms with Gasteiger partial charge in [-0.25, -0.2) is 0 Å². The fourth-order valence-corrected chi connectivity index (χ4v) is 3.49. The molecule has 142 valence electrons. The van der Waals surface area contributed by atoms with Crippen molar-refractivity contribution in [1.29, 1.82) is 10.5 Å². The Bertz CT molecular complexity index is 1340. The number of hydrogen-bond donors (Lipinski definition) is 1. The van der Waals surface area contributed by atoms with E-state index in [9.17, 15) is 10.1 Å². The third-order valence-corrected chi connectivity index (χ3v) is 4.88.